The molecule has 44 heavy (non-hydrogen) atoms. The highest BCUT2D eigenvalue weighted by molar-refractivity contribution is 8.02. The van der Waals surface area contributed by atoms with Gasteiger partial charge in [-0.2, -0.15) is 0 Å². The summed E-state index contributed by atoms with van der Waals surface area (Å²) in [4.78, 5) is 48.9. The van der Waals surface area contributed by atoms with E-state index >= 15 is 0 Å². The Labute approximate surface area is 265 Å². The van der Waals surface area contributed by atoms with Gasteiger partial charge >= 0.3 is 5.97 Å². The molecule has 1 N–H and O–H groups in total. The topological polar surface area (TPSA) is 99.6 Å². The predicted molar refractivity (Wildman–Crippen MR) is 171 cm³/mol. The molecule has 1 aromatic carbocycles. The molecule has 0 radical (unpaired) electrons. The quantitative estimate of drug-likeness (QED) is 0.180. The Balaban J connectivity index is 1.49. The van der Waals surface area contributed by atoms with Gasteiger partial charge in [0.05, 0.1) is 49.1 Å². The number of morpholine rings is 1. The minimum absolute atomic E-state index is 0.0157. The third-order valence-corrected chi connectivity index (χ3v) is 12.0. The smallest absolute Gasteiger partial charge is 0.310 e. The zero-order valence-corrected chi connectivity index (χ0v) is 26.7. The maximum atomic E-state index is 14.9. The molecule has 3 unspecified atom stereocenters. The van der Waals surface area contributed by atoms with Gasteiger partial charge in [0.1, 0.15) is 6.04 Å². The summed E-state index contributed by atoms with van der Waals surface area (Å²) in [6.07, 6.45) is 6.77. The van der Waals surface area contributed by atoms with E-state index in [1.807, 2.05) is 36.4 Å². The summed E-state index contributed by atoms with van der Waals surface area (Å²) in [5.41, 5.74) is 0.759. The molecule has 10 heteroatoms. The number of rotatable bonds is 15. The number of benzene rings is 1. The molecule has 2 amide bonds. The molecule has 7 atom stereocenters. The number of thioether (sulfide) groups is 1. The van der Waals surface area contributed by atoms with Crippen LogP contribution in [0, 0.1) is 17.8 Å². The first-order chi connectivity index (χ1) is 21.4. The third kappa shape index (κ3) is 6.10. The first-order valence-electron chi connectivity index (χ1n) is 16.0. The lowest BCUT2D eigenvalue weighted by Crippen LogP contribution is -2.58. The van der Waals surface area contributed by atoms with Crippen LogP contribution >= 0.6 is 11.8 Å². The molecular weight excluding hydrogens is 578 g/mol. The van der Waals surface area contributed by atoms with E-state index in [2.05, 4.69) is 25.0 Å². The summed E-state index contributed by atoms with van der Waals surface area (Å²) in [6.45, 7) is 14.2. The molecule has 4 aliphatic heterocycles. The maximum Gasteiger partial charge on any atom is 0.310 e. The maximum absolute atomic E-state index is 14.9. The number of carbonyl (C=O) groups excluding carboxylic acids is 3. The molecule has 9 nitrogen and oxygen atoms in total. The molecule has 1 spiro atoms. The van der Waals surface area contributed by atoms with Crippen LogP contribution in [-0.4, -0.2) is 113 Å². The third-order valence-electron chi connectivity index (χ3n) is 9.88. The molecular formula is C34H47N3O6S. The van der Waals surface area contributed by atoms with E-state index in [0.29, 0.717) is 39.5 Å². The Morgan fingerprint density at radius 3 is 2.64 bits per heavy atom. The van der Waals surface area contributed by atoms with Crippen molar-refractivity contribution in [3.8, 4) is 0 Å². The zero-order chi connectivity index (χ0) is 31.3. The van der Waals surface area contributed by atoms with Crippen LogP contribution in [0.1, 0.15) is 44.2 Å². The molecule has 0 aromatic heterocycles. The second-order valence-corrected chi connectivity index (χ2v) is 13.9. The van der Waals surface area contributed by atoms with Crippen LogP contribution in [0.4, 0.5) is 0 Å². The standard InChI is InChI=1S/C34H47N3O6S/c1-4-6-7-11-19-43-33(41)28-27-22-24(3)34(44-27)29(28)31(39)37(26(23-38)25-12-9-8-10-13-25)30(34)32(40)36(14-5-2)16-15-35-17-20-42-21-18-35/h4-5,8-10,12-13,24,26-30,38H,1-2,6-7,11,14-23H2,3H3/t24?,26-,27-,28+,29+,30?,34?/m1/s1. The molecule has 4 aliphatic rings. The number of unbranched alkanes of at least 4 members (excludes halogenated alkanes) is 2. The van der Waals surface area contributed by atoms with Crippen molar-refractivity contribution in [2.75, 3.05) is 59.2 Å². The Hall–Kier alpha value is -2.66. The lowest BCUT2D eigenvalue weighted by atomic mass is 9.66. The fraction of sp³-hybridized carbons (Fsp3) is 0.618. The van der Waals surface area contributed by atoms with Gasteiger partial charge in [0.2, 0.25) is 11.8 Å². The Kier molecular flexibility index (Phi) is 10.9. The number of aliphatic hydroxyl groups is 1. The minimum atomic E-state index is -0.836. The molecule has 2 bridgehead atoms. The molecule has 4 heterocycles. The molecule has 5 rings (SSSR count). The van der Waals surface area contributed by atoms with E-state index in [1.54, 1.807) is 27.6 Å². The average Bonchev–Trinajstić information content (AvgIpc) is 3.64. The van der Waals surface area contributed by atoms with E-state index < -0.39 is 28.7 Å². The van der Waals surface area contributed by atoms with E-state index in [-0.39, 0.29) is 35.6 Å². The number of hydrogen-bond donors (Lipinski definition) is 1. The fourth-order valence-corrected chi connectivity index (χ4v) is 10.1. The second kappa shape index (κ2) is 14.6. The number of esters is 1. The summed E-state index contributed by atoms with van der Waals surface area (Å²) in [5, 5.41) is 10.7. The van der Waals surface area contributed by atoms with Crippen LogP contribution in [0.5, 0.6) is 0 Å². The monoisotopic (exact) mass is 625 g/mol. The predicted octanol–water partition coefficient (Wildman–Crippen LogP) is 3.30. The molecule has 240 valence electrons. The van der Waals surface area contributed by atoms with Gasteiger partial charge in [0.15, 0.2) is 0 Å². The van der Waals surface area contributed by atoms with Crippen molar-refractivity contribution in [3.63, 3.8) is 0 Å². The van der Waals surface area contributed by atoms with Crippen LogP contribution in [0.25, 0.3) is 0 Å². The van der Waals surface area contributed by atoms with Gasteiger partial charge in [-0.05, 0) is 37.2 Å². The van der Waals surface area contributed by atoms with Gasteiger partial charge in [-0.3, -0.25) is 19.3 Å². The van der Waals surface area contributed by atoms with Crippen molar-refractivity contribution in [2.24, 2.45) is 17.8 Å². The highest BCUT2D eigenvalue weighted by atomic mass is 32.2. The first kappa shape index (κ1) is 32.7. The van der Waals surface area contributed by atoms with E-state index in [9.17, 15) is 19.5 Å². The van der Waals surface area contributed by atoms with E-state index in [0.717, 1.165) is 44.3 Å². The number of amides is 2. The highest BCUT2D eigenvalue weighted by Crippen LogP contribution is 2.69. The minimum Gasteiger partial charge on any atom is -0.465 e. The fourth-order valence-electron chi connectivity index (χ4n) is 7.74. The second-order valence-electron chi connectivity index (χ2n) is 12.4. The van der Waals surface area contributed by atoms with Gasteiger partial charge in [0.25, 0.3) is 0 Å². The van der Waals surface area contributed by atoms with Crippen LogP contribution in [-0.2, 0) is 23.9 Å². The number of carbonyl (C=O) groups is 3. The van der Waals surface area contributed by atoms with Crippen LogP contribution in [0.2, 0.25) is 0 Å². The van der Waals surface area contributed by atoms with Crippen molar-refractivity contribution in [3.05, 3.63) is 61.2 Å². The summed E-state index contributed by atoms with van der Waals surface area (Å²) >= 11 is 1.63. The van der Waals surface area contributed by atoms with Gasteiger partial charge in [-0.15, -0.1) is 24.9 Å². The van der Waals surface area contributed by atoms with E-state index in [4.69, 9.17) is 9.47 Å². The number of fused-ring (bicyclic) bond motifs is 1. The number of ether oxygens (including phenoxy) is 2. The molecule has 4 saturated heterocycles. The Morgan fingerprint density at radius 1 is 1.20 bits per heavy atom. The molecule has 1 aromatic rings. The summed E-state index contributed by atoms with van der Waals surface area (Å²) in [7, 11) is 0. The number of nitrogens with zero attached hydrogens (tertiary/aromatic N) is 3. The normalized spacial score (nSPS) is 30.2. The number of hydrogen-bond acceptors (Lipinski definition) is 8. The van der Waals surface area contributed by atoms with Crippen LogP contribution in [0.15, 0.2) is 55.6 Å². The van der Waals surface area contributed by atoms with Crippen molar-refractivity contribution < 1.29 is 29.0 Å². The van der Waals surface area contributed by atoms with Crippen molar-refractivity contribution in [2.45, 2.75) is 54.7 Å². The molecule has 0 saturated carbocycles. The Bertz CT molecular complexity index is 1190. The van der Waals surface area contributed by atoms with Crippen LogP contribution < -0.4 is 0 Å². The highest BCUT2D eigenvalue weighted by Gasteiger charge is 2.77. The molecule has 4 fully saturated rings. The zero-order valence-electron chi connectivity index (χ0n) is 25.9. The van der Waals surface area contributed by atoms with Gasteiger partial charge in [-0.25, -0.2) is 0 Å². The summed E-state index contributed by atoms with van der Waals surface area (Å²) < 4.78 is 10.5. The lowest BCUT2D eigenvalue weighted by Gasteiger charge is -2.42. The Morgan fingerprint density at radius 2 is 1.95 bits per heavy atom. The largest absolute Gasteiger partial charge is 0.465 e. The van der Waals surface area contributed by atoms with E-state index in [1.165, 1.54) is 0 Å². The van der Waals surface area contributed by atoms with Gasteiger partial charge < -0.3 is 24.4 Å². The average molecular weight is 626 g/mol. The van der Waals surface area contributed by atoms with Crippen LogP contribution in [0.3, 0.4) is 0 Å². The van der Waals surface area contributed by atoms with Crippen molar-refractivity contribution >= 4 is 29.5 Å². The summed E-state index contributed by atoms with van der Waals surface area (Å²) in [6, 6.07) is 7.83. The van der Waals surface area contributed by atoms with Crippen molar-refractivity contribution in [1.82, 2.24) is 14.7 Å². The number of likely N-dealkylation sites (tertiary alicyclic amines) is 1. The molecule has 0 aliphatic carbocycles. The summed E-state index contributed by atoms with van der Waals surface area (Å²) in [5.74, 6) is -2.05. The number of aliphatic hydroxyl groups excluding tert-OH is 1. The first-order valence-corrected chi connectivity index (χ1v) is 16.9. The van der Waals surface area contributed by atoms with Gasteiger partial charge in [-0.1, -0.05) is 49.4 Å². The lowest BCUT2D eigenvalue weighted by molar-refractivity contribution is -0.155. The van der Waals surface area contributed by atoms with Gasteiger partial charge in [0, 0.05) is 38.0 Å². The number of allylic oxidation sites excluding steroid dienone is 1. The van der Waals surface area contributed by atoms with Crippen molar-refractivity contribution in [1.29, 1.82) is 0 Å². The SMILES string of the molecule is C=CCCCCOC(=O)[C@@H]1[C@H]2C(=O)N([C@H](CO)c3ccccc3)C(C(=O)N(CC=C)CCN3CCOCC3)C23S[C@@H]1CC3C.